The van der Waals surface area contributed by atoms with Gasteiger partial charge in [0.2, 0.25) is 0 Å². The summed E-state index contributed by atoms with van der Waals surface area (Å²) in [4.78, 5) is 0. The Balaban J connectivity index is -0.000000285. The molecule has 0 bridgehead atoms. The van der Waals surface area contributed by atoms with Crippen molar-refractivity contribution in [3.8, 4) is 0 Å². The van der Waals surface area contributed by atoms with Crippen LogP contribution in [0.4, 0.5) is 0 Å². The number of unbranched alkanes of at least 4 members (excludes halogenated alkanes) is 1. The predicted octanol–water partition coefficient (Wildman–Crippen LogP) is 5.00. The maximum absolute atomic E-state index is 7.00. The van der Waals surface area contributed by atoms with Crippen molar-refractivity contribution in [3.05, 3.63) is 35.4 Å². The standard InChI is InChI=1S/C11H16.2C2H6.CH4O/c1-3-4-5-11-8-6-10(2)7-9-11;3*1-2/h6-9H,3-5H2,1-2H3;2*1-2H3;2H,1H3. The van der Waals surface area contributed by atoms with E-state index < -0.39 is 0 Å². The number of benzene rings is 1. The van der Waals surface area contributed by atoms with Crippen LogP contribution in [-0.2, 0) is 6.42 Å². The summed E-state index contributed by atoms with van der Waals surface area (Å²) in [6.07, 6.45) is 3.83. The van der Waals surface area contributed by atoms with E-state index in [9.17, 15) is 0 Å². The minimum absolute atomic E-state index is 1.00. The molecule has 1 aromatic carbocycles. The van der Waals surface area contributed by atoms with Gasteiger partial charge >= 0.3 is 0 Å². The van der Waals surface area contributed by atoms with Gasteiger partial charge in [-0.25, -0.2) is 0 Å². The van der Waals surface area contributed by atoms with Crippen LogP contribution in [0.15, 0.2) is 24.3 Å². The van der Waals surface area contributed by atoms with Crippen LogP contribution in [0.3, 0.4) is 0 Å². The second-order valence-electron chi connectivity index (χ2n) is 3.09. The summed E-state index contributed by atoms with van der Waals surface area (Å²) in [7, 11) is 1.00. The van der Waals surface area contributed by atoms with E-state index in [1.54, 1.807) is 0 Å². The van der Waals surface area contributed by atoms with Crippen LogP contribution < -0.4 is 0 Å². The second kappa shape index (κ2) is 20.6. The zero-order valence-electron chi connectivity index (χ0n) is 12.9. The van der Waals surface area contributed by atoms with Crippen LogP contribution >= 0.6 is 0 Å². The Kier molecular flexibility index (Phi) is 26.0. The Morgan fingerprint density at radius 2 is 1.29 bits per heavy atom. The molecule has 0 atom stereocenters. The molecule has 1 heteroatoms. The van der Waals surface area contributed by atoms with Crippen LogP contribution in [0.5, 0.6) is 0 Å². The lowest BCUT2D eigenvalue weighted by atomic mass is 10.1. The third-order valence-corrected chi connectivity index (χ3v) is 1.94. The minimum atomic E-state index is 1.00. The van der Waals surface area contributed by atoms with E-state index in [1.807, 2.05) is 27.7 Å². The van der Waals surface area contributed by atoms with Crippen molar-refractivity contribution in [2.45, 2.75) is 60.8 Å². The average molecular weight is 240 g/mol. The first-order chi connectivity index (χ1) is 8.33. The summed E-state index contributed by atoms with van der Waals surface area (Å²) >= 11 is 0. The molecule has 0 aliphatic rings. The molecule has 0 radical (unpaired) electrons. The quantitative estimate of drug-likeness (QED) is 0.788. The molecule has 0 unspecified atom stereocenters. The maximum atomic E-state index is 7.00. The largest absolute Gasteiger partial charge is 0.400 e. The van der Waals surface area contributed by atoms with Crippen molar-refractivity contribution >= 4 is 0 Å². The molecule has 0 amide bonds. The van der Waals surface area contributed by atoms with Crippen molar-refractivity contribution in [1.29, 1.82) is 0 Å². The van der Waals surface area contributed by atoms with Gasteiger partial charge in [-0.15, -0.1) is 0 Å². The molecule has 102 valence electrons. The Hall–Kier alpha value is -0.820. The second-order valence-corrected chi connectivity index (χ2v) is 3.09. The van der Waals surface area contributed by atoms with Crippen LogP contribution in [0.1, 0.15) is 58.6 Å². The van der Waals surface area contributed by atoms with Crippen molar-refractivity contribution in [2.24, 2.45) is 0 Å². The zero-order chi connectivity index (χ0) is 14.1. The van der Waals surface area contributed by atoms with Crippen LogP contribution in [0.25, 0.3) is 0 Å². The van der Waals surface area contributed by atoms with E-state index in [0.717, 1.165) is 7.11 Å². The summed E-state index contributed by atoms with van der Waals surface area (Å²) in [5, 5.41) is 7.00. The monoisotopic (exact) mass is 240 g/mol. The molecule has 1 nitrogen and oxygen atoms in total. The molecule has 0 aliphatic heterocycles. The number of aryl methyl sites for hydroxylation is 2. The van der Waals surface area contributed by atoms with Gasteiger partial charge in [0.1, 0.15) is 0 Å². The topological polar surface area (TPSA) is 20.2 Å². The molecule has 0 fully saturated rings. The van der Waals surface area contributed by atoms with Gasteiger partial charge in [-0.3, -0.25) is 0 Å². The van der Waals surface area contributed by atoms with Gasteiger partial charge in [0.25, 0.3) is 0 Å². The number of aliphatic hydroxyl groups is 1. The Bertz CT molecular complexity index is 201. The molecular weight excluding hydrogens is 208 g/mol. The summed E-state index contributed by atoms with van der Waals surface area (Å²) in [6.45, 7) is 12.4. The predicted molar refractivity (Wildman–Crippen MR) is 80.6 cm³/mol. The lowest BCUT2D eigenvalue weighted by molar-refractivity contribution is 0.399. The van der Waals surface area contributed by atoms with E-state index in [2.05, 4.69) is 38.1 Å². The van der Waals surface area contributed by atoms with Crippen molar-refractivity contribution in [3.63, 3.8) is 0 Å². The Labute approximate surface area is 109 Å². The lowest BCUT2D eigenvalue weighted by Gasteiger charge is -1.99. The van der Waals surface area contributed by atoms with Gasteiger partial charge < -0.3 is 5.11 Å². The minimum Gasteiger partial charge on any atom is -0.400 e. The van der Waals surface area contributed by atoms with Crippen LogP contribution in [0.2, 0.25) is 0 Å². The third kappa shape index (κ3) is 15.2. The molecule has 0 aliphatic carbocycles. The van der Waals surface area contributed by atoms with E-state index >= 15 is 0 Å². The highest BCUT2D eigenvalue weighted by Gasteiger charge is 1.90. The van der Waals surface area contributed by atoms with E-state index in [-0.39, 0.29) is 0 Å². The zero-order valence-corrected chi connectivity index (χ0v) is 12.9. The average Bonchev–Trinajstić information content (AvgIpc) is 2.45. The highest BCUT2D eigenvalue weighted by atomic mass is 16.2. The normalized spacial score (nSPS) is 7.53. The number of hydrogen-bond donors (Lipinski definition) is 1. The molecular formula is C16H32O. The molecule has 0 spiro atoms. The van der Waals surface area contributed by atoms with Gasteiger partial charge in [0.05, 0.1) is 0 Å². The highest BCUT2D eigenvalue weighted by molar-refractivity contribution is 5.21. The highest BCUT2D eigenvalue weighted by Crippen LogP contribution is 2.06. The number of rotatable bonds is 3. The van der Waals surface area contributed by atoms with Crippen molar-refractivity contribution in [1.82, 2.24) is 0 Å². The first kappa shape index (κ1) is 21.5. The van der Waals surface area contributed by atoms with Crippen molar-refractivity contribution < 1.29 is 5.11 Å². The Morgan fingerprint density at radius 3 is 1.65 bits per heavy atom. The third-order valence-electron chi connectivity index (χ3n) is 1.94. The lowest BCUT2D eigenvalue weighted by Crippen LogP contribution is -1.83. The summed E-state index contributed by atoms with van der Waals surface area (Å²) in [6, 6.07) is 8.83. The summed E-state index contributed by atoms with van der Waals surface area (Å²) in [5.41, 5.74) is 2.82. The van der Waals surface area contributed by atoms with Gasteiger partial charge in [-0.05, 0) is 25.3 Å². The first-order valence-corrected chi connectivity index (χ1v) is 6.83. The molecule has 0 heterocycles. The fourth-order valence-electron chi connectivity index (χ4n) is 1.14. The SMILES string of the molecule is CC.CC.CCCCc1ccc(C)cc1.CO. The molecule has 0 aromatic heterocycles. The van der Waals surface area contributed by atoms with Crippen LogP contribution in [-0.4, -0.2) is 12.2 Å². The summed E-state index contributed by atoms with van der Waals surface area (Å²) in [5.74, 6) is 0. The number of aliphatic hydroxyl groups excluding tert-OH is 1. The van der Waals surface area contributed by atoms with E-state index in [0.29, 0.717) is 0 Å². The van der Waals surface area contributed by atoms with Gasteiger partial charge in [-0.2, -0.15) is 0 Å². The van der Waals surface area contributed by atoms with E-state index in [4.69, 9.17) is 5.11 Å². The molecule has 1 rings (SSSR count). The Morgan fingerprint density at radius 1 is 0.882 bits per heavy atom. The fraction of sp³-hybridized carbons (Fsp3) is 0.625. The van der Waals surface area contributed by atoms with Gasteiger partial charge in [0, 0.05) is 7.11 Å². The maximum Gasteiger partial charge on any atom is 0.0319 e. The molecule has 0 saturated carbocycles. The molecule has 17 heavy (non-hydrogen) atoms. The summed E-state index contributed by atoms with van der Waals surface area (Å²) < 4.78 is 0. The van der Waals surface area contributed by atoms with Gasteiger partial charge in [-0.1, -0.05) is 70.9 Å². The van der Waals surface area contributed by atoms with Gasteiger partial charge in [0.15, 0.2) is 0 Å². The number of hydrogen-bond acceptors (Lipinski definition) is 1. The van der Waals surface area contributed by atoms with Crippen LogP contribution in [0, 0.1) is 6.92 Å². The molecule has 1 aromatic rings. The van der Waals surface area contributed by atoms with E-state index in [1.165, 1.54) is 30.4 Å². The smallest absolute Gasteiger partial charge is 0.0319 e. The molecule has 0 saturated heterocycles. The fourth-order valence-corrected chi connectivity index (χ4v) is 1.14. The molecule has 1 N–H and O–H groups in total. The first-order valence-electron chi connectivity index (χ1n) is 6.83. The van der Waals surface area contributed by atoms with Crippen molar-refractivity contribution in [2.75, 3.05) is 7.11 Å².